The van der Waals surface area contributed by atoms with E-state index in [1.165, 1.54) is 0 Å². The van der Waals surface area contributed by atoms with Crippen LogP contribution in [0.15, 0.2) is 18.2 Å². The number of rotatable bonds is 1. The van der Waals surface area contributed by atoms with Crippen molar-refractivity contribution in [1.29, 1.82) is 0 Å². The molecule has 0 N–H and O–H groups in total. The highest BCUT2D eigenvalue weighted by Crippen LogP contribution is 2.32. The Hall–Kier alpha value is -1.43. The molecule has 0 saturated carbocycles. The van der Waals surface area contributed by atoms with Crippen LogP contribution in [0.1, 0.15) is 29.6 Å². The van der Waals surface area contributed by atoms with E-state index < -0.39 is 15.1 Å². The minimum atomic E-state index is -3.04. The van der Waals surface area contributed by atoms with Gasteiger partial charge >= 0.3 is 0 Å². The molecule has 3 heterocycles. The SMILES string of the molecule is Cc1cccc2nc(C3CCCS3(=O)=O)nn12. The molecule has 3 rings (SSSR count). The zero-order valence-corrected chi connectivity index (χ0v) is 10.3. The summed E-state index contributed by atoms with van der Waals surface area (Å²) in [6.45, 7) is 1.93. The molecule has 1 fully saturated rings. The van der Waals surface area contributed by atoms with Crippen LogP contribution in [0.25, 0.3) is 5.65 Å². The Balaban J connectivity index is 2.16. The zero-order chi connectivity index (χ0) is 12.0. The first-order valence-corrected chi connectivity index (χ1v) is 7.33. The molecular formula is C11H13N3O2S. The quantitative estimate of drug-likeness (QED) is 0.766. The van der Waals surface area contributed by atoms with E-state index in [1.807, 2.05) is 25.1 Å². The summed E-state index contributed by atoms with van der Waals surface area (Å²) in [6, 6.07) is 5.66. The van der Waals surface area contributed by atoms with E-state index >= 15 is 0 Å². The monoisotopic (exact) mass is 251 g/mol. The van der Waals surface area contributed by atoms with Crippen molar-refractivity contribution in [3.8, 4) is 0 Å². The Labute approximate surface area is 99.4 Å². The highest BCUT2D eigenvalue weighted by molar-refractivity contribution is 7.91. The number of hydrogen-bond acceptors (Lipinski definition) is 4. The van der Waals surface area contributed by atoms with Gasteiger partial charge in [-0.05, 0) is 31.9 Å². The first-order valence-electron chi connectivity index (χ1n) is 5.62. The summed E-state index contributed by atoms with van der Waals surface area (Å²) in [5.74, 6) is 0.698. The van der Waals surface area contributed by atoms with Crippen LogP contribution < -0.4 is 0 Å². The molecule has 0 aromatic carbocycles. The number of aromatic nitrogens is 3. The molecule has 0 radical (unpaired) electrons. The minimum Gasteiger partial charge on any atom is -0.228 e. The van der Waals surface area contributed by atoms with E-state index in [0.29, 0.717) is 24.3 Å². The van der Waals surface area contributed by atoms with Crippen molar-refractivity contribution >= 4 is 15.5 Å². The third-order valence-corrected chi connectivity index (χ3v) is 5.35. The van der Waals surface area contributed by atoms with Crippen LogP contribution in [-0.2, 0) is 9.84 Å². The zero-order valence-electron chi connectivity index (χ0n) is 9.50. The number of fused-ring (bicyclic) bond motifs is 1. The highest BCUT2D eigenvalue weighted by Gasteiger charge is 2.35. The van der Waals surface area contributed by atoms with E-state index in [1.54, 1.807) is 4.52 Å². The lowest BCUT2D eigenvalue weighted by Crippen LogP contribution is -2.09. The van der Waals surface area contributed by atoms with E-state index in [4.69, 9.17) is 0 Å². The smallest absolute Gasteiger partial charge is 0.169 e. The van der Waals surface area contributed by atoms with Crippen LogP contribution in [0.2, 0.25) is 0 Å². The van der Waals surface area contributed by atoms with Crippen LogP contribution in [0, 0.1) is 6.92 Å². The van der Waals surface area contributed by atoms with Crippen LogP contribution in [0.4, 0.5) is 0 Å². The fourth-order valence-electron chi connectivity index (χ4n) is 2.27. The molecule has 0 bridgehead atoms. The predicted molar refractivity (Wildman–Crippen MR) is 63.5 cm³/mol. The van der Waals surface area contributed by atoms with E-state index in [0.717, 1.165) is 5.69 Å². The average molecular weight is 251 g/mol. The summed E-state index contributed by atoms with van der Waals surface area (Å²) >= 11 is 0. The summed E-state index contributed by atoms with van der Waals surface area (Å²) in [5, 5.41) is 3.80. The van der Waals surface area contributed by atoms with Gasteiger partial charge in [0.05, 0.1) is 5.75 Å². The van der Waals surface area contributed by atoms with Gasteiger partial charge in [0.1, 0.15) is 5.25 Å². The standard InChI is InChI=1S/C11H13N3O2S/c1-8-4-2-6-10-12-11(13-14(8)10)9-5-3-7-17(9,15)16/h2,4,6,9H,3,5,7H2,1H3. The van der Waals surface area contributed by atoms with E-state index in [9.17, 15) is 8.42 Å². The molecule has 0 spiro atoms. The first kappa shape index (κ1) is 10.7. The van der Waals surface area contributed by atoms with E-state index in [2.05, 4.69) is 10.1 Å². The Kier molecular flexibility index (Phi) is 2.22. The van der Waals surface area contributed by atoms with Gasteiger partial charge in [0.15, 0.2) is 21.3 Å². The summed E-state index contributed by atoms with van der Waals surface area (Å²) in [6.07, 6.45) is 1.35. The van der Waals surface area contributed by atoms with Crippen molar-refractivity contribution in [1.82, 2.24) is 14.6 Å². The number of sulfone groups is 1. The average Bonchev–Trinajstić information content (AvgIpc) is 2.81. The van der Waals surface area contributed by atoms with Gasteiger partial charge in [-0.25, -0.2) is 17.9 Å². The molecule has 1 unspecified atom stereocenters. The van der Waals surface area contributed by atoms with Gasteiger partial charge in [-0.3, -0.25) is 0 Å². The van der Waals surface area contributed by atoms with Crippen molar-refractivity contribution in [2.75, 3.05) is 5.75 Å². The molecule has 17 heavy (non-hydrogen) atoms. The second-order valence-corrected chi connectivity index (χ2v) is 6.71. The Bertz CT molecular complexity index is 675. The second kappa shape index (κ2) is 3.53. The second-order valence-electron chi connectivity index (χ2n) is 4.41. The van der Waals surface area contributed by atoms with Crippen molar-refractivity contribution in [2.24, 2.45) is 0 Å². The summed E-state index contributed by atoms with van der Waals surface area (Å²) < 4.78 is 25.4. The van der Waals surface area contributed by atoms with Crippen LogP contribution in [-0.4, -0.2) is 28.8 Å². The number of hydrogen-bond donors (Lipinski definition) is 0. The molecule has 1 atom stereocenters. The molecular weight excluding hydrogens is 238 g/mol. The predicted octanol–water partition coefficient (Wildman–Crippen LogP) is 1.29. The van der Waals surface area contributed by atoms with Gasteiger partial charge in [0.25, 0.3) is 0 Å². The van der Waals surface area contributed by atoms with E-state index in [-0.39, 0.29) is 5.75 Å². The van der Waals surface area contributed by atoms with Crippen molar-refractivity contribution in [3.05, 3.63) is 29.7 Å². The maximum atomic E-state index is 11.8. The molecule has 2 aromatic rings. The van der Waals surface area contributed by atoms with Gasteiger partial charge in [-0.15, -0.1) is 5.10 Å². The maximum absolute atomic E-state index is 11.8. The Morgan fingerprint density at radius 3 is 2.88 bits per heavy atom. The highest BCUT2D eigenvalue weighted by atomic mass is 32.2. The lowest BCUT2D eigenvalue weighted by atomic mass is 10.2. The number of nitrogens with zero attached hydrogens (tertiary/aromatic N) is 3. The number of pyridine rings is 1. The molecule has 1 saturated heterocycles. The van der Waals surface area contributed by atoms with Gasteiger partial charge < -0.3 is 0 Å². The van der Waals surface area contributed by atoms with Crippen LogP contribution in [0.5, 0.6) is 0 Å². The third kappa shape index (κ3) is 1.63. The number of aryl methyl sites for hydroxylation is 1. The van der Waals surface area contributed by atoms with Crippen LogP contribution in [0.3, 0.4) is 0 Å². The molecule has 1 aliphatic rings. The van der Waals surface area contributed by atoms with Crippen molar-refractivity contribution < 1.29 is 8.42 Å². The fraction of sp³-hybridized carbons (Fsp3) is 0.455. The first-order chi connectivity index (χ1) is 8.08. The van der Waals surface area contributed by atoms with Gasteiger partial charge in [-0.2, -0.15) is 0 Å². The molecule has 6 heteroatoms. The fourth-order valence-corrected chi connectivity index (χ4v) is 4.07. The molecule has 5 nitrogen and oxygen atoms in total. The largest absolute Gasteiger partial charge is 0.228 e. The van der Waals surface area contributed by atoms with Gasteiger partial charge in [0, 0.05) is 5.69 Å². The van der Waals surface area contributed by atoms with Crippen molar-refractivity contribution in [3.63, 3.8) is 0 Å². The maximum Gasteiger partial charge on any atom is 0.169 e. The topological polar surface area (TPSA) is 64.3 Å². The lowest BCUT2D eigenvalue weighted by Gasteiger charge is -2.02. The van der Waals surface area contributed by atoms with Crippen LogP contribution >= 0.6 is 0 Å². The van der Waals surface area contributed by atoms with Gasteiger partial charge in [0.2, 0.25) is 0 Å². The summed E-state index contributed by atoms with van der Waals surface area (Å²) in [5.41, 5.74) is 1.67. The van der Waals surface area contributed by atoms with Gasteiger partial charge in [-0.1, -0.05) is 6.07 Å². The molecule has 90 valence electrons. The molecule has 1 aliphatic heterocycles. The van der Waals surface area contributed by atoms with Crippen molar-refractivity contribution in [2.45, 2.75) is 25.0 Å². The molecule has 2 aromatic heterocycles. The third-order valence-electron chi connectivity index (χ3n) is 3.18. The lowest BCUT2D eigenvalue weighted by molar-refractivity contribution is 0.588. The Morgan fingerprint density at radius 2 is 2.24 bits per heavy atom. The Morgan fingerprint density at radius 1 is 1.41 bits per heavy atom. The molecule has 0 aliphatic carbocycles. The summed E-state index contributed by atoms with van der Waals surface area (Å²) in [7, 11) is -3.04. The molecule has 0 amide bonds. The minimum absolute atomic E-state index is 0.256. The normalized spacial score (nSPS) is 23.2. The summed E-state index contributed by atoms with van der Waals surface area (Å²) in [4.78, 5) is 4.32.